The summed E-state index contributed by atoms with van der Waals surface area (Å²) in [5, 5.41) is 2.61. The third-order valence-corrected chi connectivity index (χ3v) is 7.45. The molecular weight excluding hydrogens is 410 g/mol. The van der Waals surface area contributed by atoms with E-state index in [4.69, 9.17) is 0 Å². The summed E-state index contributed by atoms with van der Waals surface area (Å²) in [6.07, 6.45) is 1.65. The van der Waals surface area contributed by atoms with Gasteiger partial charge < -0.3 is 0 Å². The Morgan fingerprint density at radius 2 is 1.37 bits per heavy atom. The van der Waals surface area contributed by atoms with E-state index in [0.717, 1.165) is 30.7 Å². The Balaban J connectivity index is 1.39. The minimum Gasteiger partial charge on any atom is -0.288 e. The lowest BCUT2D eigenvalue weighted by Crippen LogP contribution is -1.99. The van der Waals surface area contributed by atoms with Crippen molar-refractivity contribution in [2.45, 2.75) is 0 Å². The Hall–Kier alpha value is -3.41. The number of carbonyl (C=O) groups is 2. The molecule has 0 amide bonds. The Morgan fingerprint density at radius 3 is 2.00 bits per heavy atom. The molecular formula is C25H13NO2S2. The largest absolute Gasteiger partial charge is 0.288 e. The molecule has 0 spiro atoms. The quantitative estimate of drug-likeness (QED) is 0.236. The number of aromatic nitrogens is 1. The van der Waals surface area contributed by atoms with Crippen molar-refractivity contribution in [1.29, 1.82) is 0 Å². The number of ketones is 2. The lowest BCUT2D eigenvalue weighted by Gasteiger charge is -2.00. The molecule has 5 aromatic rings. The number of hydrogen-bond acceptors (Lipinski definition) is 5. The van der Waals surface area contributed by atoms with Crippen LogP contribution in [-0.4, -0.2) is 16.6 Å². The molecule has 3 nitrogen and oxygen atoms in total. The predicted octanol–water partition coefficient (Wildman–Crippen LogP) is 6.64. The Labute approximate surface area is 179 Å². The van der Waals surface area contributed by atoms with Gasteiger partial charge in [-0.1, -0.05) is 54.6 Å². The van der Waals surface area contributed by atoms with Crippen LogP contribution in [0.1, 0.15) is 25.7 Å². The van der Waals surface area contributed by atoms with Gasteiger partial charge in [0.25, 0.3) is 0 Å². The van der Waals surface area contributed by atoms with Gasteiger partial charge in [0.1, 0.15) is 9.84 Å². The molecule has 1 aliphatic rings. The molecule has 0 N–H and O–H groups in total. The zero-order chi connectivity index (χ0) is 20.2. The average molecular weight is 424 g/mol. The van der Waals surface area contributed by atoms with Crippen molar-refractivity contribution in [3.05, 3.63) is 94.5 Å². The first kappa shape index (κ1) is 17.4. The van der Waals surface area contributed by atoms with E-state index < -0.39 is 0 Å². The van der Waals surface area contributed by atoms with Gasteiger partial charge in [-0.3, -0.25) is 9.59 Å². The highest BCUT2D eigenvalue weighted by Gasteiger charge is 2.33. The molecule has 0 fully saturated rings. The van der Waals surface area contributed by atoms with Crippen LogP contribution >= 0.6 is 22.7 Å². The number of nitrogens with zero attached hydrogens (tertiary/aromatic N) is 1. The van der Waals surface area contributed by atoms with Crippen LogP contribution in [0.2, 0.25) is 0 Å². The lowest BCUT2D eigenvalue weighted by atomic mass is 10.0. The minimum absolute atomic E-state index is 0.199. The molecule has 2 heterocycles. The number of fused-ring (bicyclic) bond motifs is 3. The molecule has 0 saturated carbocycles. The third kappa shape index (κ3) is 2.67. The van der Waals surface area contributed by atoms with Crippen molar-refractivity contribution < 1.29 is 9.59 Å². The fraction of sp³-hybridized carbons (Fsp3) is 0. The summed E-state index contributed by atoms with van der Waals surface area (Å²) < 4.78 is 1.06. The molecule has 1 aliphatic carbocycles. The second-order valence-corrected chi connectivity index (χ2v) is 9.25. The summed E-state index contributed by atoms with van der Waals surface area (Å²) in [6.45, 7) is 0. The fourth-order valence-corrected chi connectivity index (χ4v) is 6.00. The monoisotopic (exact) mass is 423 g/mol. The summed E-state index contributed by atoms with van der Waals surface area (Å²) in [4.78, 5) is 32.6. The first-order chi connectivity index (χ1) is 14.7. The van der Waals surface area contributed by atoms with E-state index in [1.807, 2.05) is 54.6 Å². The zero-order valence-corrected chi connectivity index (χ0v) is 17.2. The molecule has 2 aromatic heterocycles. The molecule has 30 heavy (non-hydrogen) atoms. The highest BCUT2D eigenvalue weighted by molar-refractivity contribution is 7.29. The maximum Gasteiger partial charge on any atom is 0.197 e. The minimum atomic E-state index is -0.218. The summed E-state index contributed by atoms with van der Waals surface area (Å²) in [5.74, 6) is -0.437. The number of Topliss-reactive ketones (excluding diaryl/α,β-unsaturated/α-hetero) is 2. The highest BCUT2D eigenvalue weighted by atomic mass is 32.1. The first-order valence-corrected chi connectivity index (χ1v) is 11.1. The molecule has 142 valence electrons. The van der Waals surface area contributed by atoms with Crippen molar-refractivity contribution in [2.75, 3.05) is 0 Å². The summed E-state index contributed by atoms with van der Waals surface area (Å²) >= 11 is 3.12. The van der Waals surface area contributed by atoms with Gasteiger partial charge in [-0.2, -0.15) is 0 Å². The van der Waals surface area contributed by atoms with E-state index in [1.54, 1.807) is 17.4 Å². The molecule has 0 unspecified atom stereocenters. The van der Waals surface area contributed by atoms with E-state index in [-0.39, 0.29) is 17.1 Å². The molecule has 0 bridgehead atoms. The molecule has 0 aliphatic heterocycles. The Morgan fingerprint density at radius 1 is 0.733 bits per heavy atom. The number of benzene rings is 3. The molecule has 3 aromatic carbocycles. The van der Waals surface area contributed by atoms with Crippen LogP contribution in [0.25, 0.3) is 36.8 Å². The molecule has 0 radical (unpaired) electrons. The number of carbonyl (C=O) groups excluding carboxylic acids is 2. The number of hydrogen-bond donors (Lipinski definition) is 0. The average Bonchev–Trinajstić information content (AvgIpc) is 3.41. The maximum absolute atomic E-state index is 12.9. The molecule has 0 atom stereocenters. The van der Waals surface area contributed by atoms with Crippen molar-refractivity contribution in [3.63, 3.8) is 0 Å². The van der Waals surface area contributed by atoms with E-state index in [1.165, 1.54) is 11.3 Å². The van der Waals surface area contributed by atoms with Gasteiger partial charge in [-0.25, -0.2) is 4.98 Å². The van der Waals surface area contributed by atoms with Crippen LogP contribution in [0.15, 0.2) is 78.4 Å². The van der Waals surface area contributed by atoms with Gasteiger partial charge in [0, 0.05) is 16.0 Å². The van der Waals surface area contributed by atoms with Crippen LogP contribution in [-0.2, 0) is 0 Å². The van der Waals surface area contributed by atoms with Crippen molar-refractivity contribution >= 4 is 60.6 Å². The number of allylic oxidation sites excluding steroid dienone is 1. The van der Waals surface area contributed by atoms with Crippen LogP contribution in [0.5, 0.6) is 0 Å². The van der Waals surface area contributed by atoms with Crippen molar-refractivity contribution in [2.24, 2.45) is 0 Å². The Bertz CT molecular complexity index is 1440. The topological polar surface area (TPSA) is 47.0 Å². The van der Waals surface area contributed by atoms with Gasteiger partial charge in [0.2, 0.25) is 0 Å². The summed E-state index contributed by atoms with van der Waals surface area (Å²) in [7, 11) is 0. The van der Waals surface area contributed by atoms with Crippen molar-refractivity contribution in [3.8, 4) is 10.4 Å². The highest BCUT2D eigenvalue weighted by Crippen LogP contribution is 2.38. The van der Waals surface area contributed by atoms with E-state index in [2.05, 4.69) is 23.2 Å². The number of thiazole rings is 1. The summed E-state index contributed by atoms with van der Waals surface area (Å²) in [6, 6.07) is 23.7. The SMILES string of the molecule is O=C1C(=Cc2nc3sc(-c4ccccc4)cc3s2)C(=O)c2cc3ccccc3cc21. The third-order valence-electron chi connectivity index (χ3n) is 5.30. The maximum atomic E-state index is 12.9. The summed E-state index contributed by atoms with van der Waals surface area (Å²) in [5.41, 5.74) is 2.32. The molecule has 0 saturated heterocycles. The second kappa shape index (κ2) is 6.55. The van der Waals surface area contributed by atoms with E-state index >= 15 is 0 Å². The molecule has 5 heteroatoms. The van der Waals surface area contributed by atoms with Gasteiger partial charge in [0.05, 0.1) is 10.3 Å². The smallest absolute Gasteiger partial charge is 0.197 e. The number of thiophene rings is 1. The van der Waals surface area contributed by atoms with Crippen molar-refractivity contribution in [1.82, 2.24) is 4.98 Å². The van der Waals surface area contributed by atoms with E-state index in [9.17, 15) is 9.59 Å². The molecule has 6 rings (SSSR count). The lowest BCUT2D eigenvalue weighted by molar-refractivity contribution is 0.0990. The number of rotatable bonds is 2. The van der Waals surface area contributed by atoms with Crippen LogP contribution in [0.4, 0.5) is 0 Å². The van der Waals surface area contributed by atoms with Gasteiger partial charge in [0.15, 0.2) is 11.6 Å². The van der Waals surface area contributed by atoms with Crippen LogP contribution in [0.3, 0.4) is 0 Å². The van der Waals surface area contributed by atoms with Gasteiger partial charge >= 0.3 is 0 Å². The zero-order valence-electron chi connectivity index (χ0n) is 15.6. The standard InChI is InChI=1S/C25H13NO2S2/c27-23-17-10-15-8-4-5-9-16(15)11-18(17)24(28)19(23)12-22-26-25-21(29-22)13-20(30-25)14-6-2-1-3-7-14/h1-13H. The Kier molecular flexibility index (Phi) is 3.81. The van der Waals surface area contributed by atoms with Crippen LogP contribution < -0.4 is 0 Å². The second-order valence-electron chi connectivity index (χ2n) is 7.16. The fourth-order valence-electron chi connectivity index (χ4n) is 3.82. The first-order valence-electron chi connectivity index (χ1n) is 9.47. The van der Waals surface area contributed by atoms with Gasteiger partial charge in [-0.05, 0) is 40.6 Å². The predicted molar refractivity (Wildman–Crippen MR) is 124 cm³/mol. The normalized spacial score (nSPS) is 13.4. The van der Waals surface area contributed by atoms with Crippen LogP contribution in [0, 0.1) is 0 Å². The van der Waals surface area contributed by atoms with Gasteiger partial charge in [-0.15, -0.1) is 22.7 Å². The van der Waals surface area contributed by atoms with E-state index in [0.29, 0.717) is 16.1 Å².